The monoisotopic (exact) mass is 346 g/mol. The van der Waals surface area contributed by atoms with Gasteiger partial charge in [0.1, 0.15) is 0 Å². The van der Waals surface area contributed by atoms with E-state index in [2.05, 4.69) is 11.4 Å². The highest BCUT2D eigenvalue weighted by molar-refractivity contribution is 6.38. The first-order valence-corrected chi connectivity index (χ1v) is 8.61. The molecule has 0 unspecified atom stereocenters. The van der Waals surface area contributed by atoms with E-state index in [1.165, 1.54) is 0 Å². The average molecular weight is 346 g/mol. The largest absolute Gasteiger partial charge is 0.288 e. The molecular formula is C23H10N2O2. The predicted octanol–water partition coefficient (Wildman–Crippen LogP) is 4.49. The van der Waals surface area contributed by atoms with Crippen LogP contribution in [0.5, 0.6) is 0 Å². The molecule has 0 fully saturated rings. The van der Waals surface area contributed by atoms with Gasteiger partial charge in [-0.15, -0.1) is 0 Å². The van der Waals surface area contributed by atoms with E-state index in [4.69, 9.17) is 0 Å². The lowest BCUT2D eigenvalue weighted by atomic mass is 9.84. The van der Waals surface area contributed by atoms with Crippen LogP contribution in [0.25, 0.3) is 43.1 Å². The van der Waals surface area contributed by atoms with Gasteiger partial charge in [0.25, 0.3) is 11.8 Å². The third-order valence-electron chi connectivity index (χ3n) is 5.62. The fraction of sp³-hybridized carbons (Fsp3) is 0. The molecule has 1 aliphatic rings. The minimum absolute atomic E-state index is 0.361. The highest BCUT2D eigenvalue weighted by Crippen LogP contribution is 2.43. The number of benzene rings is 5. The number of carbonyl (C=O) groups excluding carboxylic acids is 2. The van der Waals surface area contributed by atoms with Crippen molar-refractivity contribution in [2.45, 2.75) is 0 Å². The predicted molar refractivity (Wildman–Crippen MR) is 104 cm³/mol. The van der Waals surface area contributed by atoms with Crippen molar-refractivity contribution in [2.75, 3.05) is 0 Å². The van der Waals surface area contributed by atoms with Crippen LogP contribution < -0.4 is 5.32 Å². The van der Waals surface area contributed by atoms with E-state index in [1.807, 2.05) is 42.5 Å². The van der Waals surface area contributed by atoms with Crippen LogP contribution in [-0.2, 0) is 0 Å². The van der Waals surface area contributed by atoms with Gasteiger partial charge in [-0.25, -0.2) is 0 Å². The molecular weight excluding hydrogens is 336 g/mol. The number of rotatable bonds is 0. The molecule has 6 rings (SSSR count). The van der Waals surface area contributed by atoms with Crippen molar-refractivity contribution < 1.29 is 9.59 Å². The number of nitriles is 1. The Morgan fingerprint density at radius 3 is 1.85 bits per heavy atom. The van der Waals surface area contributed by atoms with Crippen LogP contribution in [0, 0.1) is 11.3 Å². The minimum Gasteiger partial charge on any atom is -0.288 e. The molecule has 124 valence electrons. The molecule has 0 atom stereocenters. The summed E-state index contributed by atoms with van der Waals surface area (Å²) in [5.41, 5.74) is 1.68. The second kappa shape index (κ2) is 4.60. The average Bonchev–Trinajstić information content (AvgIpc) is 2.70. The molecule has 2 amide bonds. The normalized spacial score (nSPS) is 13.6. The van der Waals surface area contributed by atoms with Crippen LogP contribution in [0.2, 0.25) is 0 Å². The smallest absolute Gasteiger partial charge is 0.258 e. The molecule has 0 bridgehead atoms. The fourth-order valence-electron chi connectivity index (χ4n) is 4.51. The highest BCUT2D eigenvalue weighted by Gasteiger charge is 2.27. The first-order chi connectivity index (χ1) is 13.2. The van der Waals surface area contributed by atoms with E-state index in [0.717, 1.165) is 37.7 Å². The molecule has 5 aromatic rings. The van der Waals surface area contributed by atoms with Crippen molar-refractivity contribution in [3.63, 3.8) is 0 Å². The van der Waals surface area contributed by atoms with E-state index in [-0.39, 0.29) is 11.8 Å². The summed E-state index contributed by atoms with van der Waals surface area (Å²) in [5.74, 6) is -0.722. The third-order valence-corrected chi connectivity index (χ3v) is 5.62. The SMILES string of the molecule is N#Cc1ccc2c3ccc4c5c(ccc(c6cccc1c62)c53)C(=O)NC4=O. The Balaban J connectivity index is 2.00. The topological polar surface area (TPSA) is 70.0 Å². The van der Waals surface area contributed by atoms with Crippen molar-refractivity contribution in [1.82, 2.24) is 5.32 Å². The third kappa shape index (κ3) is 1.57. The maximum Gasteiger partial charge on any atom is 0.258 e. The van der Waals surface area contributed by atoms with Gasteiger partial charge in [-0.3, -0.25) is 14.9 Å². The molecule has 1 aliphatic heterocycles. The van der Waals surface area contributed by atoms with Gasteiger partial charge in [-0.2, -0.15) is 5.26 Å². The second-order valence-electron chi connectivity index (χ2n) is 6.86. The summed E-state index contributed by atoms with van der Waals surface area (Å²) >= 11 is 0. The molecule has 0 saturated heterocycles. The quantitative estimate of drug-likeness (QED) is 0.255. The Morgan fingerprint density at radius 1 is 0.630 bits per heavy atom. The lowest BCUT2D eigenvalue weighted by Crippen LogP contribution is -2.34. The summed E-state index contributed by atoms with van der Waals surface area (Å²) in [5, 5.41) is 19.5. The maximum absolute atomic E-state index is 12.4. The molecule has 0 spiro atoms. The van der Waals surface area contributed by atoms with Crippen molar-refractivity contribution in [1.29, 1.82) is 5.26 Å². The standard InChI is InChI=1S/C23H10N2O2/c24-10-11-4-5-14-16-7-9-18-21-17(22(26)25-23(18)27)8-6-15(20(16)21)13-3-1-2-12(11)19(13)14/h1-9H,(H,25,26,27). The Labute approximate surface area is 152 Å². The number of hydrogen-bond donors (Lipinski definition) is 1. The van der Waals surface area contributed by atoms with Gasteiger partial charge in [0, 0.05) is 21.9 Å². The number of carbonyl (C=O) groups is 2. The molecule has 5 aromatic carbocycles. The Hall–Kier alpha value is -3.97. The van der Waals surface area contributed by atoms with Crippen LogP contribution in [0.15, 0.2) is 54.6 Å². The van der Waals surface area contributed by atoms with Crippen molar-refractivity contribution in [2.24, 2.45) is 0 Å². The molecule has 4 nitrogen and oxygen atoms in total. The lowest BCUT2D eigenvalue weighted by molar-refractivity contribution is 0.0845. The van der Waals surface area contributed by atoms with Crippen LogP contribution in [0.4, 0.5) is 0 Å². The van der Waals surface area contributed by atoms with E-state index < -0.39 is 0 Å². The van der Waals surface area contributed by atoms with Gasteiger partial charge in [-0.05, 0) is 50.5 Å². The number of hydrogen-bond acceptors (Lipinski definition) is 3. The minimum atomic E-state index is -0.361. The van der Waals surface area contributed by atoms with E-state index >= 15 is 0 Å². The van der Waals surface area contributed by atoms with Gasteiger partial charge >= 0.3 is 0 Å². The molecule has 27 heavy (non-hydrogen) atoms. The lowest BCUT2D eigenvalue weighted by Gasteiger charge is -2.21. The van der Waals surface area contributed by atoms with E-state index in [1.54, 1.807) is 12.1 Å². The summed E-state index contributed by atoms with van der Waals surface area (Å²) in [4.78, 5) is 24.7. The summed E-state index contributed by atoms with van der Waals surface area (Å²) in [7, 11) is 0. The number of nitrogens with zero attached hydrogens (tertiary/aromatic N) is 1. The Kier molecular flexibility index (Phi) is 2.42. The summed E-state index contributed by atoms with van der Waals surface area (Å²) in [6.45, 7) is 0. The van der Waals surface area contributed by atoms with Crippen molar-refractivity contribution in [3.05, 3.63) is 71.3 Å². The zero-order valence-electron chi connectivity index (χ0n) is 14.0. The zero-order valence-corrected chi connectivity index (χ0v) is 14.0. The summed E-state index contributed by atoms with van der Waals surface area (Å²) < 4.78 is 0. The molecule has 0 saturated carbocycles. The first-order valence-electron chi connectivity index (χ1n) is 8.61. The molecule has 0 aliphatic carbocycles. The van der Waals surface area contributed by atoms with E-state index in [0.29, 0.717) is 22.1 Å². The van der Waals surface area contributed by atoms with E-state index in [9.17, 15) is 14.9 Å². The maximum atomic E-state index is 12.4. The molecule has 0 aromatic heterocycles. The second-order valence-corrected chi connectivity index (χ2v) is 6.86. The van der Waals surface area contributed by atoms with Gasteiger partial charge in [0.2, 0.25) is 0 Å². The van der Waals surface area contributed by atoms with Crippen LogP contribution in [0.1, 0.15) is 26.3 Å². The summed E-state index contributed by atoms with van der Waals surface area (Å²) in [6.07, 6.45) is 0. The van der Waals surface area contributed by atoms with Gasteiger partial charge in [0.15, 0.2) is 0 Å². The van der Waals surface area contributed by atoms with Gasteiger partial charge in [-0.1, -0.05) is 36.4 Å². The number of imide groups is 1. The number of nitrogens with one attached hydrogen (secondary N) is 1. The zero-order chi connectivity index (χ0) is 18.3. The van der Waals surface area contributed by atoms with Crippen LogP contribution in [0.3, 0.4) is 0 Å². The van der Waals surface area contributed by atoms with Crippen molar-refractivity contribution >= 4 is 54.9 Å². The number of fused-ring (bicyclic) bond motifs is 2. The molecule has 1 heterocycles. The fourth-order valence-corrected chi connectivity index (χ4v) is 4.51. The molecule has 0 radical (unpaired) electrons. The first kappa shape index (κ1) is 14.2. The molecule has 4 heteroatoms. The Bertz CT molecular complexity index is 1470. The van der Waals surface area contributed by atoms with Crippen LogP contribution >= 0.6 is 0 Å². The molecule has 1 N–H and O–H groups in total. The highest BCUT2D eigenvalue weighted by atomic mass is 16.2. The van der Waals surface area contributed by atoms with Crippen molar-refractivity contribution in [3.8, 4) is 6.07 Å². The number of amides is 2. The van der Waals surface area contributed by atoms with Crippen LogP contribution in [-0.4, -0.2) is 11.8 Å². The summed E-state index contributed by atoms with van der Waals surface area (Å²) in [6, 6.07) is 19.5. The van der Waals surface area contributed by atoms with Gasteiger partial charge < -0.3 is 0 Å². The van der Waals surface area contributed by atoms with Gasteiger partial charge in [0.05, 0.1) is 11.6 Å². The Morgan fingerprint density at radius 2 is 1.19 bits per heavy atom.